The Kier molecular flexibility index (Phi) is 6.97. The third-order valence-corrected chi connectivity index (χ3v) is 12.2. The fraction of sp³-hybridized carbons (Fsp3) is 0.833. The van der Waals surface area contributed by atoms with Gasteiger partial charge in [-0.2, -0.15) is 0 Å². The number of hydrogen-bond donors (Lipinski definition) is 4. The molecule has 3 amide bonds. The predicted octanol–water partition coefficient (Wildman–Crippen LogP) is 2.34. The van der Waals surface area contributed by atoms with Gasteiger partial charge in [0.1, 0.15) is 6.61 Å². The van der Waals surface area contributed by atoms with Gasteiger partial charge in [-0.05, 0) is 92.4 Å². The molecule has 0 unspecified atom stereocenters. The molecule has 4 saturated carbocycles. The smallest absolute Gasteiger partial charge is 0.331 e. The van der Waals surface area contributed by atoms with Gasteiger partial charge in [0, 0.05) is 43.7 Å². The number of cyclic esters (lactones) is 1. The highest BCUT2D eigenvalue weighted by atomic mass is 16.5. The average Bonchev–Trinajstić information content (AvgIpc) is 3.44. The first-order valence-corrected chi connectivity index (χ1v) is 15.3. The number of nitrogens with zero attached hydrogens (tertiary/aromatic N) is 1. The number of fused-ring (bicyclic) bond motifs is 5. The van der Waals surface area contributed by atoms with Crippen molar-refractivity contribution in [2.45, 2.75) is 83.3 Å². The molecule has 6 aliphatic rings. The number of carbonyl (C=O) groups excluding carboxylic acids is 3. The van der Waals surface area contributed by atoms with E-state index in [0.29, 0.717) is 50.5 Å². The van der Waals surface area contributed by atoms with Crippen LogP contribution in [0.1, 0.15) is 71.6 Å². The number of esters is 1. The second-order valence-corrected chi connectivity index (χ2v) is 13.8. The van der Waals surface area contributed by atoms with Gasteiger partial charge in [0.05, 0.1) is 12.1 Å². The maximum absolute atomic E-state index is 12.7. The summed E-state index contributed by atoms with van der Waals surface area (Å²) in [4.78, 5) is 38.1. The summed E-state index contributed by atoms with van der Waals surface area (Å²) >= 11 is 0. The van der Waals surface area contributed by atoms with Gasteiger partial charge >= 0.3 is 12.0 Å². The summed E-state index contributed by atoms with van der Waals surface area (Å²) in [7, 11) is 0. The van der Waals surface area contributed by atoms with Crippen LogP contribution in [-0.4, -0.2) is 78.9 Å². The zero-order chi connectivity index (χ0) is 27.4. The Morgan fingerprint density at radius 3 is 2.74 bits per heavy atom. The van der Waals surface area contributed by atoms with Crippen molar-refractivity contribution in [3.05, 3.63) is 11.6 Å². The molecular weight excluding hydrogens is 496 g/mol. The Bertz CT molecular complexity index is 1050. The van der Waals surface area contributed by atoms with Gasteiger partial charge in [0.25, 0.3) is 0 Å². The zero-order valence-electron chi connectivity index (χ0n) is 23.6. The summed E-state index contributed by atoms with van der Waals surface area (Å²) < 4.78 is 5.26. The van der Waals surface area contributed by atoms with E-state index in [4.69, 9.17) is 4.74 Å². The van der Waals surface area contributed by atoms with E-state index in [-0.39, 0.29) is 40.7 Å². The summed E-state index contributed by atoms with van der Waals surface area (Å²) in [6, 6.07) is 0.0715. The van der Waals surface area contributed by atoms with Crippen LogP contribution in [0.3, 0.4) is 0 Å². The van der Waals surface area contributed by atoms with Crippen molar-refractivity contribution in [3.8, 4) is 0 Å². The van der Waals surface area contributed by atoms with Gasteiger partial charge in [-0.3, -0.25) is 9.69 Å². The van der Waals surface area contributed by atoms with Crippen molar-refractivity contribution >= 4 is 17.9 Å². The fourth-order valence-corrected chi connectivity index (χ4v) is 9.99. The Labute approximate surface area is 231 Å². The third kappa shape index (κ3) is 4.57. The number of urea groups is 1. The Hall–Kier alpha value is -2.13. The van der Waals surface area contributed by atoms with Crippen LogP contribution in [0.2, 0.25) is 0 Å². The Morgan fingerprint density at radius 1 is 1.13 bits per heavy atom. The van der Waals surface area contributed by atoms with Crippen LogP contribution in [0.4, 0.5) is 4.79 Å². The van der Waals surface area contributed by atoms with Crippen molar-refractivity contribution in [3.63, 3.8) is 0 Å². The molecule has 39 heavy (non-hydrogen) atoms. The van der Waals surface area contributed by atoms with E-state index in [0.717, 1.165) is 69.9 Å². The highest BCUT2D eigenvalue weighted by Crippen LogP contribution is 2.69. The molecule has 9 nitrogen and oxygen atoms in total. The highest BCUT2D eigenvalue weighted by molar-refractivity contribution is 5.85. The van der Waals surface area contributed by atoms with Crippen LogP contribution in [0.25, 0.3) is 0 Å². The van der Waals surface area contributed by atoms with Crippen molar-refractivity contribution in [2.24, 2.45) is 34.5 Å². The van der Waals surface area contributed by atoms with Crippen molar-refractivity contribution < 1.29 is 24.2 Å². The van der Waals surface area contributed by atoms with E-state index in [1.807, 2.05) is 0 Å². The molecule has 0 aromatic rings. The molecule has 6 rings (SSSR count). The molecule has 5 fully saturated rings. The molecule has 216 valence electrons. The largest absolute Gasteiger partial charge is 0.458 e. The summed E-state index contributed by atoms with van der Waals surface area (Å²) in [5.74, 6) is 1.39. The van der Waals surface area contributed by atoms with Crippen LogP contribution in [-0.2, 0) is 14.3 Å². The number of hydrogen-bond acceptors (Lipinski definition) is 6. The maximum atomic E-state index is 12.7. The maximum Gasteiger partial charge on any atom is 0.331 e. The van der Waals surface area contributed by atoms with E-state index in [2.05, 4.69) is 34.7 Å². The number of piperazine rings is 1. The molecule has 8 atom stereocenters. The lowest BCUT2D eigenvalue weighted by atomic mass is 9.43. The van der Waals surface area contributed by atoms with Crippen LogP contribution < -0.4 is 16.0 Å². The van der Waals surface area contributed by atoms with Gasteiger partial charge in [-0.15, -0.1) is 0 Å². The van der Waals surface area contributed by atoms with Crippen molar-refractivity contribution in [1.29, 1.82) is 0 Å². The molecule has 0 aromatic carbocycles. The van der Waals surface area contributed by atoms with E-state index in [9.17, 15) is 19.5 Å². The third-order valence-electron chi connectivity index (χ3n) is 12.2. The molecule has 0 aromatic heterocycles. The molecule has 0 bridgehead atoms. The van der Waals surface area contributed by atoms with Gasteiger partial charge in [0.15, 0.2) is 0 Å². The molecule has 9 heteroatoms. The standard InChI is InChI=1S/C30H46N4O5/c1-28-8-5-21(33-27(37)32-12-14-34-13-11-31-25(35)17-34)16-20(28)3-4-24-23(28)6-9-29(2)22(7-10-30(24,29)38)19-15-26(36)39-18-19/h15,20-24,38H,3-14,16-18H2,1-2H3,(H,31,35)(H2,32,33,37)/t20-,21+,22-,23+,24-,28+,29-,30+/m1/s1. The van der Waals surface area contributed by atoms with Crippen LogP contribution in [0, 0.1) is 34.5 Å². The Balaban J connectivity index is 1.05. The van der Waals surface area contributed by atoms with Gasteiger partial charge in [0.2, 0.25) is 5.91 Å². The molecule has 4 N–H and O–H groups in total. The quantitative estimate of drug-likeness (QED) is 0.396. The molecule has 0 spiro atoms. The van der Waals surface area contributed by atoms with Gasteiger partial charge in [-0.25, -0.2) is 9.59 Å². The predicted molar refractivity (Wildman–Crippen MR) is 145 cm³/mol. The number of rotatable bonds is 5. The van der Waals surface area contributed by atoms with Crippen molar-refractivity contribution in [2.75, 3.05) is 39.3 Å². The normalized spacial score (nSPS) is 43.9. The second kappa shape index (κ2) is 10.1. The lowest BCUT2D eigenvalue weighted by molar-refractivity contribution is -0.204. The van der Waals surface area contributed by atoms with Crippen LogP contribution in [0.5, 0.6) is 0 Å². The number of carbonyl (C=O) groups is 3. The van der Waals surface area contributed by atoms with E-state index in [1.165, 1.54) is 0 Å². The van der Waals surface area contributed by atoms with Gasteiger partial charge < -0.3 is 25.8 Å². The minimum atomic E-state index is -0.689. The topological polar surface area (TPSA) is 120 Å². The minimum absolute atomic E-state index is 0.0467. The van der Waals surface area contributed by atoms with Crippen LogP contribution >= 0.6 is 0 Å². The summed E-state index contributed by atoms with van der Waals surface area (Å²) in [6.45, 7) is 8.23. The molecule has 0 radical (unpaired) electrons. The summed E-state index contributed by atoms with van der Waals surface area (Å²) in [5.41, 5.74) is 0.382. The van der Waals surface area contributed by atoms with E-state index >= 15 is 0 Å². The first-order valence-electron chi connectivity index (χ1n) is 15.3. The highest BCUT2D eigenvalue weighted by Gasteiger charge is 2.67. The zero-order valence-corrected chi connectivity index (χ0v) is 23.6. The summed E-state index contributed by atoms with van der Waals surface area (Å²) in [5, 5.41) is 21.4. The minimum Gasteiger partial charge on any atom is -0.458 e. The lowest BCUT2D eigenvalue weighted by Crippen LogP contribution is -2.63. The van der Waals surface area contributed by atoms with Crippen molar-refractivity contribution in [1.82, 2.24) is 20.9 Å². The van der Waals surface area contributed by atoms with Crippen LogP contribution in [0.15, 0.2) is 11.6 Å². The monoisotopic (exact) mass is 542 g/mol. The first-order chi connectivity index (χ1) is 18.6. The molecule has 4 aliphatic carbocycles. The molecule has 2 aliphatic heterocycles. The summed E-state index contributed by atoms with van der Waals surface area (Å²) in [6.07, 6.45) is 10.7. The first kappa shape index (κ1) is 27.1. The Morgan fingerprint density at radius 2 is 1.97 bits per heavy atom. The lowest BCUT2D eigenvalue weighted by Gasteiger charge is -2.63. The average molecular weight is 543 g/mol. The SMILES string of the molecule is C[C@]12CC[C@H](NC(=O)NCCN3CCNC(=O)C3)C[C@H]1CC[C@@H]1[C@@H]2CC[C@]2(C)[C@@H](C3=CC(=O)OC3)CC[C@]12O. The number of ether oxygens (including phenoxy) is 1. The molecular formula is C30H46N4O5. The fourth-order valence-electron chi connectivity index (χ4n) is 9.99. The van der Waals surface area contributed by atoms with Gasteiger partial charge in [-0.1, -0.05) is 13.8 Å². The molecule has 1 saturated heterocycles. The number of aliphatic hydroxyl groups is 1. The number of nitrogens with one attached hydrogen (secondary N) is 3. The van der Waals surface area contributed by atoms with E-state index in [1.54, 1.807) is 6.08 Å². The molecule has 2 heterocycles. The van der Waals surface area contributed by atoms with E-state index < -0.39 is 5.60 Å². The number of amides is 3. The second-order valence-electron chi connectivity index (χ2n) is 13.8.